The summed E-state index contributed by atoms with van der Waals surface area (Å²) in [7, 11) is 0. The van der Waals surface area contributed by atoms with Gasteiger partial charge in [0.05, 0.1) is 6.04 Å². The minimum absolute atomic E-state index is 0.184. The molecule has 3 aromatic carbocycles. The Morgan fingerprint density at radius 2 is 1.63 bits per heavy atom. The quantitative estimate of drug-likeness (QED) is 0.506. The fourth-order valence-electron chi connectivity index (χ4n) is 3.83. The van der Waals surface area contributed by atoms with Gasteiger partial charge in [-0.2, -0.15) is 0 Å². The van der Waals surface area contributed by atoms with Crippen LogP contribution in [0.1, 0.15) is 29.2 Å². The van der Waals surface area contributed by atoms with Gasteiger partial charge in [-0.05, 0) is 48.2 Å². The zero-order chi connectivity index (χ0) is 21.1. The zero-order valence-corrected chi connectivity index (χ0v) is 17.4. The first-order valence-corrected chi connectivity index (χ1v) is 10.2. The lowest BCUT2D eigenvalue weighted by atomic mass is 9.96. The first-order valence-electron chi connectivity index (χ1n) is 9.84. The summed E-state index contributed by atoms with van der Waals surface area (Å²) in [4.78, 5) is 14.8. The van der Waals surface area contributed by atoms with Gasteiger partial charge in [-0.3, -0.25) is 9.69 Å². The number of aliphatic hydroxyl groups excluding tert-OH is 1. The normalized spacial score (nSPS) is 16.7. The lowest BCUT2D eigenvalue weighted by Gasteiger charge is -2.28. The van der Waals surface area contributed by atoms with Crippen molar-refractivity contribution in [2.45, 2.75) is 19.4 Å². The molecule has 1 aliphatic heterocycles. The van der Waals surface area contributed by atoms with Gasteiger partial charge in [0.1, 0.15) is 0 Å². The lowest BCUT2D eigenvalue weighted by molar-refractivity contribution is -0.117. The summed E-state index contributed by atoms with van der Waals surface area (Å²) in [5.41, 5.74) is 4.41. The highest BCUT2D eigenvalue weighted by Crippen LogP contribution is 2.43. The monoisotopic (exact) mass is 415 g/mol. The van der Waals surface area contributed by atoms with E-state index < -0.39 is 6.04 Å². The summed E-state index contributed by atoms with van der Waals surface area (Å²) < 4.78 is 0. The number of hydrogen-bond acceptors (Lipinski definition) is 2. The highest BCUT2D eigenvalue weighted by molar-refractivity contribution is 6.30. The van der Waals surface area contributed by atoms with Crippen molar-refractivity contribution in [3.05, 3.63) is 118 Å². The number of anilines is 1. The molecular weight excluding hydrogens is 394 g/mol. The number of aliphatic hydroxyl groups is 1. The van der Waals surface area contributed by atoms with Gasteiger partial charge in [-0.1, -0.05) is 84.4 Å². The number of benzene rings is 3. The van der Waals surface area contributed by atoms with Crippen LogP contribution in [0.25, 0.3) is 6.08 Å². The molecule has 0 fully saturated rings. The molecule has 1 unspecified atom stereocenters. The number of carbonyl (C=O) groups is 1. The van der Waals surface area contributed by atoms with Crippen LogP contribution in [-0.2, 0) is 4.79 Å². The summed E-state index contributed by atoms with van der Waals surface area (Å²) in [5.74, 6) is -0.566. The Morgan fingerprint density at radius 3 is 2.33 bits per heavy atom. The molecule has 0 bridgehead atoms. The smallest absolute Gasteiger partial charge is 0.294 e. The third-order valence-electron chi connectivity index (χ3n) is 5.32. The summed E-state index contributed by atoms with van der Waals surface area (Å²) in [6.45, 7) is 1.96. The number of para-hydroxylation sites is 1. The van der Waals surface area contributed by atoms with Crippen molar-refractivity contribution in [1.82, 2.24) is 0 Å². The summed E-state index contributed by atoms with van der Waals surface area (Å²) in [6, 6.07) is 24.7. The van der Waals surface area contributed by atoms with E-state index in [2.05, 4.69) is 0 Å². The second kappa shape index (κ2) is 8.60. The molecule has 0 radical (unpaired) electrons. The van der Waals surface area contributed by atoms with E-state index in [1.54, 1.807) is 4.90 Å². The van der Waals surface area contributed by atoms with Crippen LogP contribution < -0.4 is 4.90 Å². The van der Waals surface area contributed by atoms with Gasteiger partial charge in [0.15, 0.2) is 5.76 Å². The van der Waals surface area contributed by atoms with E-state index in [0.717, 1.165) is 22.4 Å². The number of hydrogen-bond donors (Lipinski definition) is 1. The van der Waals surface area contributed by atoms with Gasteiger partial charge in [0, 0.05) is 16.3 Å². The molecule has 3 aromatic rings. The van der Waals surface area contributed by atoms with E-state index in [9.17, 15) is 9.90 Å². The van der Waals surface area contributed by atoms with E-state index in [-0.39, 0.29) is 11.7 Å². The second-order valence-corrected chi connectivity index (χ2v) is 7.74. The van der Waals surface area contributed by atoms with Crippen molar-refractivity contribution in [2.24, 2.45) is 0 Å². The molecule has 4 heteroatoms. The van der Waals surface area contributed by atoms with Crippen molar-refractivity contribution < 1.29 is 9.90 Å². The van der Waals surface area contributed by atoms with Crippen LogP contribution in [0, 0.1) is 6.92 Å². The number of allylic oxidation sites excluding steroid dienone is 1. The molecule has 1 heterocycles. The number of aryl methyl sites for hydroxylation is 1. The van der Waals surface area contributed by atoms with Gasteiger partial charge in [0.25, 0.3) is 5.91 Å². The van der Waals surface area contributed by atoms with Crippen molar-refractivity contribution in [3.8, 4) is 0 Å². The Labute approximate surface area is 181 Å². The molecule has 4 rings (SSSR count). The molecule has 0 aromatic heterocycles. The molecule has 1 N–H and O–H groups in total. The predicted molar refractivity (Wildman–Crippen MR) is 123 cm³/mol. The van der Waals surface area contributed by atoms with Gasteiger partial charge >= 0.3 is 0 Å². The van der Waals surface area contributed by atoms with E-state index in [1.165, 1.54) is 0 Å². The largest absolute Gasteiger partial charge is 0.503 e. The molecule has 1 aliphatic rings. The SMILES string of the molecule is Cc1ccccc1N1C(=O)C(O)=C(CC=Cc2ccccc2)C1c1ccc(Cl)cc1. The number of carbonyl (C=O) groups excluding carboxylic acids is 1. The molecule has 3 nitrogen and oxygen atoms in total. The van der Waals surface area contributed by atoms with Crippen LogP contribution in [0.2, 0.25) is 5.02 Å². The fraction of sp³-hybridized carbons (Fsp3) is 0.115. The highest BCUT2D eigenvalue weighted by Gasteiger charge is 2.41. The Bertz CT molecular complexity index is 1120. The number of halogens is 1. The van der Waals surface area contributed by atoms with Gasteiger partial charge in [0.2, 0.25) is 0 Å². The minimum atomic E-state index is -0.392. The predicted octanol–water partition coefficient (Wildman–Crippen LogP) is 6.65. The summed E-state index contributed by atoms with van der Waals surface area (Å²) >= 11 is 6.09. The molecule has 150 valence electrons. The van der Waals surface area contributed by atoms with Crippen LogP contribution >= 0.6 is 11.6 Å². The molecular formula is C26H22ClNO2. The molecule has 0 saturated carbocycles. The van der Waals surface area contributed by atoms with E-state index >= 15 is 0 Å². The molecule has 1 amide bonds. The van der Waals surface area contributed by atoms with Crippen LogP contribution in [0.4, 0.5) is 5.69 Å². The van der Waals surface area contributed by atoms with E-state index in [1.807, 2.05) is 97.9 Å². The van der Waals surface area contributed by atoms with Crippen LogP contribution in [0.15, 0.2) is 96.3 Å². The molecule has 1 atom stereocenters. The Hall–Kier alpha value is -3.30. The molecule has 0 spiro atoms. The number of amides is 1. The standard InChI is InChI=1S/C26H22ClNO2/c1-18-8-5-6-13-23(18)28-24(20-14-16-21(27)17-15-20)22(25(29)26(28)30)12-7-11-19-9-3-2-4-10-19/h2-11,13-17,24,29H,12H2,1H3. The second-order valence-electron chi connectivity index (χ2n) is 7.31. The number of rotatable bonds is 5. The maximum atomic E-state index is 13.1. The number of nitrogens with zero attached hydrogens (tertiary/aromatic N) is 1. The zero-order valence-electron chi connectivity index (χ0n) is 16.6. The van der Waals surface area contributed by atoms with E-state index in [0.29, 0.717) is 17.0 Å². The molecule has 0 aliphatic carbocycles. The average Bonchev–Trinajstić information content (AvgIpc) is 3.00. The topological polar surface area (TPSA) is 40.5 Å². The van der Waals surface area contributed by atoms with Gasteiger partial charge in [-0.25, -0.2) is 0 Å². The third-order valence-corrected chi connectivity index (χ3v) is 5.57. The van der Waals surface area contributed by atoms with Crippen LogP contribution in [-0.4, -0.2) is 11.0 Å². The average molecular weight is 416 g/mol. The Kier molecular flexibility index (Phi) is 5.73. The van der Waals surface area contributed by atoms with Crippen molar-refractivity contribution in [1.29, 1.82) is 0 Å². The highest BCUT2D eigenvalue weighted by atomic mass is 35.5. The first kappa shape index (κ1) is 20.0. The molecule has 0 saturated heterocycles. The lowest BCUT2D eigenvalue weighted by Crippen LogP contribution is -2.30. The summed E-state index contributed by atoms with van der Waals surface area (Å²) in [5, 5.41) is 11.4. The maximum Gasteiger partial charge on any atom is 0.294 e. The van der Waals surface area contributed by atoms with Crippen LogP contribution in [0.3, 0.4) is 0 Å². The molecule has 30 heavy (non-hydrogen) atoms. The first-order chi connectivity index (χ1) is 14.6. The van der Waals surface area contributed by atoms with Crippen molar-refractivity contribution >= 4 is 29.3 Å². The maximum absolute atomic E-state index is 13.1. The van der Waals surface area contributed by atoms with E-state index in [4.69, 9.17) is 11.6 Å². The fourth-order valence-corrected chi connectivity index (χ4v) is 3.95. The van der Waals surface area contributed by atoms with Crippen molar-refractivity contribution in [2.75, 3.05) is 4.90 Å². The third kappa shape index (κ3) is 3.89. The Morgan fingerprint density at radius 1 is 0.967 bits per heavy atom. The van der Waals surface area contributed by atoms with Gasteiger partial charge < -0.3 is 5.11 Å². The summed E-state index contributed by atoms with van der Waals surface area (Å²) in [6.07, 6.45) is 4.45. The van der Waals surface area contributed by atoms with Crippen LogP contribution in [0.5, 0.6) is 0 Å². The van der Waals surface area contributed by atoms with Crippen molar-refractivity contribution in [3.63, 3.8) is 0 Å². The Balaban J connectivity index is 1.74. The van der Waals surface area contributed by atoms with Gasteiger partial charge in [-0.15, -0.1) is 0 Å². The minimum Gasteiger partial charge on any atom is -0.503 e.